The predicted molar refractivity (Wildman–Crippen MR) is 32.3 cm³/mol. The van der Waals surface area contributed by atoms with Gasteiger partial charge in [-0.1, -0.05) is 0 Å². The van der Waals surface area contributed by atoms with E-state index in [4.69, 9.17) is 0 Å². The third-order valence-corrected chi connectivity index (χ3v) is 1.21. The Balaban J connectivity index is 3.15. The van der Waals surface area contributed by atoms with Gasteiger partial charge in [-0.3, -0.25) is 4.68 Å². The molecule has 0 aromatic carbocycles. The molecule has 0 N–H and O–H groups in total. The first-order valence-electron chi connectivity index (χ1n) is 2.83. The van der Waals surface area contributed by atoms with E-state index < -0.39 is 5.97 Å². The standard InChI is InChI=1S/C6H8N2O2/c1-4-3-5(6(9)10)8(2)7-4/h3H,1-2H3,(H,9,10)/p-1. The molecule has 1 heterocycles. The third-order valence-electron chi connectivity index (χ3n) is 1.21. The van der Waals surface area contributed by atoms with Crippen LogP contribution in [0.25, 0.3) is 0 Å². The molecular weight excluding hydrogens is 132 g/mol. The summed E-state index contributed by atoms with van der Waals surface area (Å²) in [5, 5.41) is 14.1. The number of carboxylic acids is 1. The summed E-state index contributed by atoms with van der Waals surface area (Å²) in [5.41, 5.74) is 0.791. The van der Waals surface area contributed by atoms with Crippen LogP contribution in [0.4, 0.5) is 0 Å². The van der Waals surface area contributed by atoms with E-state index in [1.807, 2.05) is 0 Å². The van der Waals surface area contributed by atoms with Crippen LogP contribution in [0.1, 0.15) is 16.2 Å². The van der Waals surface area contributed by atoms with E-state index in [-0.39, 0.29) is 5.69 Å². The fraction of sp³-hybridized carbons (Fsp3) is 0.333. The summed E-state index contributed by atoms with van der Waals surface area (Å²) in [6.07, 6.45) is 0. The number of aromatic carboxylic acids is 1. The lowest BCUT2D eigenvalue weighted by Crippen LogP contribution is -2.24. The van der Waals surface area contributed by atoms with Crippen LogP contribution >= 0.6 is 0 Å². The molecule has 0 aliphatic carbocycles. The Morgan fingerprint density at radius 2 is 2.40 bits per heavy atom. The van der Waals surface area contributed by atoms with Crippen LogP contribution in [0.5, 0.6) is 0 Å². The molecule has 0 unspecified atom stereocenters. The van der Waals surface area contributed by atoms with Crippen LogP contribution in [0.3, 0.4) is 0 Å². The minimum atomic E-state index is -1.19. The third kappa shape index (κ3) is 1.00. The van der Waals surface area contributed by atoms with Crippen molar-refractivity contribution in [2.75, 3.05) is 0 Å². The fourth-order valence-corrected chi connectivity index (χ4v) is 0.802. The highest BCUT2D eigenvalue weighted by Gasteiger charge is 2.00. The lowest BCUT2D eigenvalue weighted by atomic mass is 10.4. The van der Waals surface area contributed by atoms with Gasteiger partial charge < -0.3 is 9.90 Å². The molecule has 4 heteroatoms. The first-order chi connectivity index (χ1) is 4.61. The number of aromatic nitrogens is 2. The van der Waals surface area contributed by atoms with Crippen molar-refractivity contribution in [1.29, 1.82) is 0 Å². The highest BCUT2D eigenvalue weighted by Crippen LogP contribution is 1.98. The summed E-state index contributed by atoms with van der Waals surface area (Å²) < 4.78 is 1.28. The Morgan fingerprint density at radius 3 is 2.60 bits per heavy atom. The van der Waals surface area contributed by atoms with Gasteiger partial charge in [-0.25, -0.2) is 0 Å². The zero-order valence-electron chi connectivity index (χ0n) is 5.79. The smallest absolute Gasteiger partial charge is 0.0896 e. The zero-order chi connectivity index (χ0) is 7.72. The van der Waals surface area contributed by atoms with Gasteiger partial charge in [0.2, 0.25) is 0 Å². The molecular formula is C6H7N2O2-. The van der Waals surface area contributed by atoms with Gasteiger partial charge >= 0.3 is 0 Å². The molecule has 0 aliphatic rings. The molecule has 0 bridgehead atoms. The summed E-state index contributed by atoms with van der Waals surface area (Å²) in [5.74, 6) is -1.19. The average Bonchev–Trinajstić information content (AvgIpc) is 2.10. The lowest BCUT2D eigenvalue weighted by molar-refractivity contribution is -0.255. The maximum Gasteiger partial charge on any atom is 0.0896 e. The number of rotatable bonds is 1. The highest BCUT2D eigenvalue weighted by molar-refractivity contribution is 5.83. The molecule has 1 rings (SSSR count). The molecule has 0 spiro atoms. The molecule has 0 saturated carbocycles. The second-order valence-electron chi connectivity index (χ2n) is 2.08. The Labute approximate surface area is 58.1 Å². The van der Waals surface area contributed by atoms with Crippen LogP contribution in [0.2, 0.25) is 0 Å². The maximum absolute atomic E-state index is 10.3. The predicted octanol–water partition coefficient (Wildman–Crippen LogP) is -0.908. The number of nitrogens with zero attached hydrogens (tertiary/aromatic N) is 2. The van der Waals surface area contributed by atoms with Gasteiger partial charge in [-0.2, -0.15) is 5.10 Å². The molecule has 0 saturated heterocycles. The minimum Gasteiger partial charge on any atom is -0.543 e. The summed E-state index contributed by atoms with van der Waals surface area (Å²) in [4.78, 5) is 10.3. The molecule has 0 amide bonds. The second kappa shape index (κ2) is 2.13. The van der Waals surface area contributed by atoms with Crippen molar-refractivity contribution in [3.8, 4) is 0 Å². The first-order valence-corrected chi connectivity index (χ1v) is 2.83. The number of hydrogen-bond donors (Lipinski definition) is 0. The lowest BCUT2D eigenvalue weighted by Gasteiger charge is -1.99. The van der Waals surface area contributed by atoms with Crippen molar-refractivity contribution in [2.24, 2.45) is 7.05 Å². The van der Waals surface area contributed by atoms with E-state index in [9.17, 15) is 9.90 Å². The van der Waals surface area contributed by atoms with E-state index in [0.29, 0.717) is 5.69 Å². The molecule has 0 atom stereocenters. The Morgan fingerprint density at radius 1 is 1.80 bits per heavy atom. The number of hydrogen-bond acceptors (Lipinski definition) is 3. The number of aryl methyl sites for hydroxylation is 2. The number of carbonyl (C=O) groups excluding carboxylic acids is 1. The zero-order valence-corrected chi connectivity index (χ0v) is 5.79. The molecule has 0 radical (unpaired) electrons. The van der Waals surface area contributed by atoms with Crippen LogP contribution in [0, 0.1) is 6.92 Å². The van der Waals surface area contributed by atoms with Crippen molar-refractivity contribution in [3.63, 3.8) is 0 Å². The minimum absolute atomic E-state index is 0.109. The van der Waals surface area contributed by atoms with Crippen molar-refractivity contribution in [1.82, 2.24) is 9.78 Å². The largest absolute Gasteiger partial charge is 0.543 e. The Hall–Kier alpha value is -1.32. The van der Waals surface area contributed by atoms with Gasteiger partial charge in [0.25, 0.3) is 0 Å². The second-order valence-corrected chi connectivity index (χ2v) is 2.08. The van der Waals surface area contributed by atoms with Crippen molar-refractivity contribution in [2.45, 2.75) is 6.92 Å². The van der Waals surface area contributed by atoms with Gasteiger partial charge in [-0.05, 0) is 13.0 Å². The van der Waals surface area contributed by atoms with Gasteiger partial charge in [0.1, 0.15) is 0 Å². The quantitative estimate of drug-likeness (QED) is 0.506. The van der Waals surface area contributed by atoms with Crippen LogP contribution in [-0.2, 0) is 7.05 Å². The van der Waals surface area contributed by atoms with Crippen LogP contribution in [0.15, 0.2) is 6.07 Å². The van der Waals surface area contributed by atoms with Crippen molar-refractivity contribution in [3.05, 3.63) is 17.5 Å². The van der Waals surface area contributed by atoms with Gasteiger partial charge in [0, 0.05) is 7.05 Å². The van der Waals surface area contributed by atoms with Crippen molar-refractivity contribution >= 4 is 5.97 Å². The van der Waals surface area contributed by atoms with Gasteiger partial charge in [0.15, 0.2) is 0 Å². The SMILES string of the molecule is Cc1cc(C(=O)[O-])n(C)n1. The molecule has 10 heavy (non-hydrogen) atoms. The van der Waals surface area contributed by atoms with Crippen molar-refractivity contribution < 1.29 is 9.90 Å². The average molecular weight is 139 g/mol. The van der Waals surface area contributed by atoms with E-state index in [2.05, 4.69) is 5.10 Å². The molecule has 54 valence electrons. The highest BCUT2D eigenvalue weighted by atomic mass is 16.4. The first kappa shape index (κ1) is 6.80. The Kier molecular flexibility index (Phi) is 1.45. The normalized spacial score (nSPS) is 9.80. The summed E-state index contributed by atoms with van der Waals surface area (Å²) in [7, 11) is 1.57. The molecule has 1 aromatic heterocycles. The van der Waals surface area contributed by atoms with E-state index >= 15 is 0 Å². The summed E-state index contributed by atoms with van der Waals surface area (Å²) >= 11 is 0. The van der Waals surface area contributed by atoms with Crippen LogP contribution in [-0.4, -0.2) is 15.7 Å². The summed E-state index contributed by atoms with van der Waals surface area (Å²) in [6.45, 7) is 1.73. The van der Waals surface area contributed by atoms with E-state index in [0.717, 1.165) is 0 Å². The monoisotopic (exact) mass is 139 g/mol. The molecule has 0 fully saturated rings. The van der Waals surface area contributed by atoms with Gasteiger partial charge in [0.05, 0.1) is 17.4 Å². The van der Waals surface area contributed by atoms with E-state index in [1.54, 1.807) is 14.0 Å². The van der Waals surface area contributed by atoms with Crippen LogP contribution < -0.4 is 5.11 Å². The van der Waals surface area contributed by atoms with Gasteiger partial charge in [-0.15, -0.1) is 0 Å². The maximum atomic E-state index is 10.3. The Bertz CT molecular complexity index is 265. The summed E-state index contributed by atoms with van der Waals surface area (Å²) in [6, 6.07) is 1.47. The fourth-order valence-electron chi connectivity index (χ4n) is 0.802. The topological polar surface area (TPSA) is 57.9 Å². The molecule has 4 nitrogen and oxygen atoms in total. The molecule has 1 aromatic rings. The molecule has 0 aliphatic heterocycles. The number of carbonyl (C=O) groups is 1. The number of carboxylic acid groups (broad SMARTS) is 1. The van der Waals surface area contributed by atoms with E-state index in [1.165, 1.54) is 10.7 Å².